The third-order valence-corrected chi connectivity index (χ3v) is 8.51. The lowest BCUT2D eigenvalue weighted by atomic mass is 9.93. The van der Waals surface area contributed by atoms with Gasteiger partial charge in [0.1, 0.15) is 12.2 Å². The normalized spacial score (nSPS) is 28.3. The summed E-state index contributed by atoms with van der Waals surface area (Å²) < 4.78 is 25.1. The van der Waals surface area contributed by atoms with Crippen LogP contribution in [0, 0.1) is 6.92 Å². The van der Waals surface area contributed by atoms with E-state index in [9.17, 15) is 34.4 Å². The smallest absolute Gasteiger partial charge is 0.359 e. The highest BCUT2D eigenvalue weighted by Crippen LogP contribution is 2.60. The van der Waals surface area contributed by atoms with Gasteiger partial charge in [-0.3, -0.25) is 18.9 Å². The number of ether oxygens (including phenoxy) is 1. The fourth-order valence-electron chi connectivity index (χ4n) is 3.61. The summed E-state index contributed by atoms with van der Waals surface area (Å²) in [6, 6.07) is 0. The Morgan fingerprint density at radius 3 is 2.29 bits per heavy atom. The van der Waals surface area contributed by atoms with Crippen LogP contribution in [0.25, 0.3) is 0 Å². The summed E-state index contributed by atoms with van der Waals surface area (Å²) >= 11 is 0. The Bertz CT molecular complexity index is 941. The van der Waals surface area contributed by atoms with Gasteiger partial charge in [0.2, 0.25) is 0 Å². The Kier molecular flexibility index (Phi) is 7.75. The molecule has 6 unspecified atom stereocenters. The van der Waals surface area contributed by atoms with Gasteiger partial charge < -0.3 is 29.5 Å². The number of aromatic amines is 1. The number of hydrogen-bond acceptors (Lipinski definition) is 8. The van der Waals surface area contributed by atoms with E-state index in [0.717, 1.165) is 4.57 Å². The summed E-state index contributed by atoms with van der Waals surface area (Å²) in [4.78, 5) is 36.3. The van der Waals surface area contributed by atoms with E-state index in [4.69, 9.17) is 9.26 Å². The molecule has 0 amide bonds. The molecule has 1 aromatic rings. The van der Waals surface area contributed by atoms with E-state index < -0.39 is 54.3 Å². The lowest BCUT2D eigenvalue weighted by Crippen LogP contribution is -2.40. The third kappa shape index (κ3) is 5.03. The molecule has 1 fully saturated rings. The van der Waals surface area contributed by atoms with Crippen molar-refractivity contribution >= 4 is 7.60 Å². The van der Waals surface area contributed by atoms with E-state index in [2.05, 4.69) is 4.98 Å². The topological polar surface area (TPSA) is 171 Å². The minimum Gasteiger partial charge on any atom is -0.388 e. The number of nitrogens with one attached hydrogen (secondary N) is 1. The van der Waals surface area contributed by atoms with Crippen molar-refractivity contribution in [3.05, 3.63) is 32.6 Å². The first-order chi connectivity index (χ1) is 14.2. The van der Waals surface area contributed by atoms with Crippen LogP contribution in [0.2, 0.25) is 0 Å². The molecule has 1 saturated heterocycles. The highest BCUT2D eigenvalue weighted by Gasteiger charge is 2.51. The van der Waals surface area contributed by atoms with Crippen LogP contribution in [0.1, 0.15) is 65.2 Å². The zero-order valence-corrected chi connectivity index (χ0v) is 19.3. The molecule has 0 aliphatic carbocycles. The molecule has 1 aromatic heterocycles. The van der Waals surface area contributed by atoms with Gasteiger partial charge in [0.05, 0.1) is 11.7 Å². The summed E-state index contributed by atoms with van der Waals surface area (Å²) in [5, 5.41) is 29.6. The average molecular weight is 464 g/mol. The zero-order chi connectivity index (χ0) is 23.8. The third-order valence-electron chi connectivity index (χ3n) is 6.14. The van der Waals surface area contributed by atoms with E-state index >= 15 is 0 Å². The van der Waals surface area contributed by atoms with Gasteiger partial charge >= 0.3 is 13.3 Å². The van der Waals surface area contributed by atoms with Gasteiger partial charge in [0.15, 0.2) is 11.6 Å². The fourth-order valence-corrected chi connectivity index (χ4v) is 5.38. The largest absolute Gasteiger partial charge is 0.388 e. The molecule has 2 rings (SSSR count). The van der Waals surface area contributed by atoms with Crippen LogP contribution in [-0.4, -0.2) is 59.0 Å². The first kappa shape index (κ1) is 25.9. The molecular formula is C19H33N2O9P. The quantitative estimate of drug-likeness (QED) is 0.330. The Morgan fingerprint density at radius 2 is 1.77 bits per heavy atom. The lowest BCUT2D eigenvalue weighted by molar-refractivity contribution is -0.0721. The van der Waals surface area contributed by atoms with Crippen LogP contribution in [0.15, 0.2) is 15.8 Å². The Balaban J connectivity index is 2.28. The second-order valence-corrected chi connectivity index (χ2v) is 10.4. The minimum atomic E-state index is -4.48. The van der Waals surface area contributed by atoms with Crippen molar-refractivity contribution in [3.63, 3.8) is 0 Å². The average Bonchev–Trinajstić information content (AvgIpc) is 2.97. The van der Waals surface area contributed by atoms with Gasteiger partial charge in [-0.1, -0.05) is 20.8 Å². The van der Waals surface area contributed by atoms with E-state index in [1.54, 1.807) is 27.7 Å². The van der Waals surface area contributed by atoms with Gasteiger partial charge in [0.25, 0.3) is 5.56 Å². The van der Waals surface area contributed by atoms with Crippen molar-refractivity contribution in [2.24, 2.45) is 0 Å². The number of aliphatic hydroxyl groups excluding tert-OH is 2. The van der Waals surface area contributed by atoms with E-state index in [1.165, 1.54) is 13.1 Å². The Labute approximate surface area is 180 Å². The maximum absolute atomic E-state index is 12.8. The second-order valence-electron chi connectivity index (χ2n) is 8.33. The molecule has 12 heteroatoms. The Hall–Kier alpha value is -1.33. The monoisotopic (exact) mass is 464 g/mol. The predicted molar refractivity (Wildman–Crippen MR) is 112 cm³/mol. The van der Waals surface area contributed by atoms with Gasteiger partial charge in [-0.15, -0.1) is 0 Å². The minimum absolute atomic E-state index is 0.00882. The molecule has 31 heavy (non-hydrogen) atoms. The maximum Gasteiger partial charge on any atom is 0.359 e. The highest BCUT2D eigenvalue weighted by atomic mass is 31.2. The summed E-state index contributed by atoms with van der Waals surface area (Å²) in [6.45, 7) is 7.89. The molecule has 0 radical (unpaired) electrons. The predicted octanol–water partition coefficient (Wildman–Crippen LogP) is 0.734. The Morgan fingerprint density at radius 1 is 1.19 bits per heavy atom. The van der Waals surface area contributed by atoms with Crippen LogP contribution in [0.5, 0.6) is 0 Å². The van der Waals surface area contributed by atoms with E-state index in [1.807, 2.05) is 0 Å². The number of aryl methyl sites for hydroxylation is 1. The molecule has 0 aromatic carbocycles. The first-order valence-corrected chi connectivity index (χ1v) is 11.9. The molecule has 0 saturated carbocycles. The number of aromatic nitrogens is 2. The molecular weight excluding hydrogens is 431 g/mol. The van der Waals surface area contributed by atoms with Crippen molar-refractivity contribution in [2.75, 3.05) is 0 Å². The first-order valence-electron chi connectivity index (χ1n) is 10.3. The van der Waals surface area contributed by atoms with Crippen LogP contribution in [-0.2, 0) is 13.8 Å². The molecule has 0 bridgehead atoms. The number of nitrogens with zero attached hydrogens (tertiary/aromatic N) is 1. The molecule has 1 aliphatic rings. The summed E-state index contributed by atoms with van der Waals surface area (Å²) in [7, 11) is -4.48. The van der Waals surface area contributed by atoms with Crippen LogP contribution in [0.4, 0.5) is 0 Å². The molecule has 6 atom stereocenters. The van der Waals surface area contributed by atoms with Gasteiger partial charge in [0, 0.05) is 18.2 Å². The molecule has 2 heterocycles. The molecule has 0 spiro atoms. The summed E-state index contributed by atoms with van der Waals surface area (Å²) in [5.74, 6) is 0. The summed E-state index contributed by atoms with van der Waals surface area (Å²) in [6.07, 6.45) is -3.83. The van der Waals surface area contributed by atoms with Crippen LogP contribution >= 0.6 is 7.60 Å². The fraction of sp³-hybridized carbons (Fsp3) is 0.789. The van der Waals surface area contributed by atoms with Crippen LogP contribution in [0.3, 0.4) is 0 Å². The summed E-state index contributed by atoms with van der Waals surface area (Å²) in [5.41, 5.74) is -2.45. The number of aliphatic hydroxyl groups is 3. The van der Waals surface area contributed by atoms with Crippen molar-refractivity contribution in [1.82, 2.24) is 9.55 Å². The zero-order valence-electron chi connectivity index (χ0n) is 18.4. The van der Waals surface area contributed by atoms with Gasteiger partial charge in [-0.25, -0.2) is 4.79 Å². The molecule has 178 valence electrons. The second kappa shape index (κ2) is 9.27. The number of H-pyrrole nitrogens is 1. The van der Waals surface area contributed by atoms with Crippen molar-refractivity contribution in [1.29, 1.82) is 0 Å². The number of hydrogen-bond donors (Lipinski definition) is 5. The number of rotatable bonds is 9. The molecule has 11 nitrogen and oxygen atoms in total. The van der Waals surface area contributed by atoms with Gasteiger partial charge in [-0.2, -0.15) is 0 Å². The van der Waals surface area contributed by atoms with Crippen LogP contribution < -0.4 is 11.2 Å². The molecule has 1 aliphatic heterocycles. The van der Waals surface area contributed by atoms with Crippen molar-refractivity contribution in [3.8, 4) is 0 Å². The molecule has 5 N–H and O–H groups in total. The lowest BCUT2D eigenvalue weighted by Gasteiger charge is -2.38. The van der Waals surface area contributed by atoms with E-state index in [0.29, 0.717) is 0 Å². The maximum atomic E-state index is 12.8. The SMILES string of the molecule is CCC(C)(CC1OC(n2cc(C)c(=O)[nH]c2=O)C(O)C1O)OP(=O)(O)C(O)(CC)CC. The van der Waals surface area contributed by atoms with E-state index in [-0.39, 0.29) is 31.2 Å². The van der Waals surface area contributed by atoms with Crippen molar-refractivity contribution < 1.29 is 34.0 Å². The highest BCUT2D eigenvalue weighted by molar-refractivity contribution is 7.54. The van der Waals surface area contributed by atoms with Gasteiger partial charge in [-0.05, 0) is 33.1 Å². The van der Waals surface area contributed by atoms with Crippen molar-refractivity contribution in [2.45, 2.75) is 95.8 Å². The standard InChI is InChI=1S/C19H33N2O9P/c1-6-18(5,30-31(27,28)19(26,7-2)8-3)9-12-13(22)14(23)16(29-12)21-10-11(4)15(24)20-17(21)25/h10,12-14,16,22-23,26H,6-9H2,1-5H3,(H,27,28)(H,20,24,25).